The van der Waals surface area contributed by atoms with Crippen molar-refractivity contribution in [3.63, 3.8) is 0 Å². The Morgan fingerprint density at radius 2 is 0.968 bits per heavy atom. The van der Waals surface area contributed by atoms with Crippen LogP contribution in [0, 0.1) is 0 Å². The van der Waals surface area contributed by atoms with E-state index in [2.05, 4.69) is 31.7 Å². The lowest BCUT2D eigenvalue weighted by molar-refractivity contribution is -0.138. The number of carbonyl (C=O) groups excluding carboxylic acids is 1. The molecule has 0 heterocycles. The first kappa shape index (κ1) is 34.0. The van der Waals surface area contributed by atoms with Crippen molar-refractivity contribution >= 4 is 11.9 Å². The van der Waals surface area contributed by atoms with Gasteiger partial charge in [-0.15, -0.1) is 0 Å². The molecule has 0 aliphatic carbocycles. The summed E-state index contributed by atoms with van der Waals surface area (Å²) < 4.78 is 4.56. The number of ether oxygens (including phenoxy) is 1. The fraction of sp³-hybridized carbons (Fsp3) is 0.778. The van der Waals surface area contributed by atoms with Crippen LogP contribution in [0.25, 0.3) is 0 Å². The van der Waals surface area contributed by atoms with Gasteiger partial charge in [0.05, 0.1) is 6.61 Å². The van der Waals surface area contributed by atoms with Crippen molar-refractivity contribution in [2.24, 2.45) is 0 Å². The highest BCUT2D eigenvalue weighted by atomic mass is 16.5. The van der Waals surface area contributed by atoms with E-state index in [1.165, 1.54) is 103 Å². The Morgan fingerprint density at radius 1 is 0.710 bits per heavy atom. The zero-order chi connectivity index (χ0) is 24.2. The summed E-state index contributed by atoms with van der Waals surface area (Å²) in [5.41, 5.74) is 0.451. The van der Waals surface area contributed by atoms with E-state index in [0.29, 0.717) is 12.2 Å². The first-order chi connectivity index (χ1) is 14.9. The van der Waals surface area contributed by atoms with E-state index >= 15 is 0 Å². The molecule has 4 nitrogen and oxygen atoms in total. The predicted octanol–water partition coefficient (Wildman–Crippen LogP) is 8.65. The zero-order valence-electron chi connectivity index (χ0n) is 21.2. The Kier molecular flexibility index (Phi) is 33.6. The largest absolute Gasteiger partial charge is 0.478 e. The van der Waals surface area contributed by atoms with Crippen LogP contribution < -0.4 is 0 Å². The molecule has 184 valence electrons. The summed E-state index contributed by atoms with van der Waals surface area (Å²) in [5, 5.41) is 7.60. The van der Waals surface area contributed by atoms with Gasteiger partial charge in [-0.05, 0) is 13.8 Å². The van der Waals surface area contributed by atoms with Crippen molar-refractivity contribution < 1.29 is 19.4 Å². The minimum Gasteiger partial charge on any atom is -0.478 e. The van der Waals surface area contributed by atoms with Gasteiger partial charge in [-0.2, -0.15) is 0 Å². The summed E-state index contributed by atoms with van der Waals surface area (Å²) in [6.07, 6.45) is 24.2. The highest BCUT2D eigenvalue weighted by Crippen LogP contribution is 2.13. The lowest BCUT2D eigenvalue weighted by atomic mass is 10.0. The van der Waals surface area contributed by atoms with Crippen molar-refractivity contribution in [3.8, 4) is 0 Å². The van der Waals surface area contributed by atoms with Crippen molar-refractivity contribution in [2.45, 2.75) is 130 Å². The number of rotatable bonds is 18. The van der Waals surface area contributed by atoms with E-state index in [1.807, 2.05) is 0 Å². The molecule has 0 saturated heterocycles. The summed E-state index contributed by atoms with van der Waals surface area (Å²) >= 11 is 0. The molecule has 31 heavy (non-hydrogen) atoms. The van der Waals surface area contributed by atoms with Crippen molar-refractivity contribution in [1.82, 2.24) is 0 Å². The quantitative estimate of drug-likeness (QED) is 0.131. The second-order valence-electron chi connectivity index (χ2n) is 7.99. The van der Waals surface area contributed by atoms with Crippen LogP contribution in [0.15, 0.2) is 24.8 Å². The van der Waals surface area contributed by atoms with E-state index in [-0.39, 0.29) is 5.97 Å². The maximum absolute atomic E-state index is 10.4. The van der Waals surface area contributed by atoms with E-state index in [1.54, 1.807) is 13.8 Å². The number of esters is 1. The molecule has 4 heteroatoms. The maximum atomic E-state index is 10.4. The highest BCUT2D eigenvalue weighted by molar-refractivity contribution is 5.86. The van der Waals surface area contributed by atoms with Crippen molar-refractivity contribution in [2.75, 3.05) is 6.61 Å². The van der Waals surface area contributed by atoms with Crippen LogP contribution >= 0.6 is 0 Å². The zero-order valence-corrected chi connectivity index (χ0v) is 21.2. The molecule has 0 aliphatic rings. The third kappa shape index (κ3) is 39.5. The normalized spacial score (nSPS) is 9.55. The molecule has 0 aromatic carbocycles. The SMILES string of the molecule is C=C(C)C(=O)OCC.C=CC(=O)O.CCCCCCCCCCCCCCCCCC. The van der Waals surface area contributed by atoms with Crippen LogP contribution in [-0.2, 0) is 14.3 Å². The molecule has 0 bridgehead atoms. The molecule has 0 amide bonds. The third-order valence-corrected chi connectivity index (χ3v) is 4.76. The minimum atomic E-state index is -0.981. The molecule has 0 aliphatic heterocycles. The Balaban J connectivity index is -0.000000494. The topological polar surface area (TPSA) is 63.6 Å². The number of hydrogen-bond donors (Lipinski definition) is 1. The van der Waals surface area contributed by atoms with E-state index in [0.717, 1.165) is 6.08 Å². The van der Waals surface area contributed by atoms with Gasteiger partial charge < -0.3 is 9.84 Å². The van der Waals surface area contributed by atoms with Gasteiger partial charge in [0.15, 0.2) is 0 Å². The van der Waals surface area contributed by atoms with E-state index in [4.69, 9.17) is 5.11 Å². The van der Waals surface area contributed by atoms with Gasteiger partial charge in [0.1, 0.15) is 0 Å². The van der Waals surface area contributed by atoms with Crippen LogP contribution in [-0.4, -0.2) is 23.7 Å². The summed E-state index contributed by atoms with van der Waals surface area (Å²) in [4.78, 5) is 19.7. The standard InChI is InChI=1S/C18H38.C6H10O2.C3H4O2/c1-3-5-7-9-11-13-15-17-18-16-14-12-10-8-6-4-2;1-4-8-6(7)5(2)3;1-2-3(4)5/h3-18H2,1-2H3;2,4H2,1,3H3;2H,1H2,(H,4,5). The Hall–Kier alpha value is -1.58. The van der Waals surface area contributed by atoms with Crippen LogP contribution in [0.4, 0.5) is 0 Å². The molecule has 0 fully saturated rings. The Bertz CT molecular complexity index is 399. The smallest absolute Gasteiger partial charge is 0.333 e. The van der Waals surface area contributed by atoms with Crippen molar-refractivity contribution in [3.05, 3.63) is 24.8 Å². The molecule has 0 saturated carbocycles. The number of carboxylic acids is 1. The molecular formula is C27H52O4. The van der Waals surface area contributed by atoms with Gasteiger partial charge in [-0.3, -0.25) is 0 Å². The van der Waals surface area contributed by atoms with E-state index < -0.39 is 5.97 Å². The predicted molar refractivity (Wildman–Crippen MR) is 134 cm³/mol. The summed E-state index contributed by atoms with van der Waals surface area (Å²) in [7, 11) is 0. The molecule has 0 rings (SSSR count). The monoisotopic (exact) mass is 440 g/mol. The number of aliphatic carboxylic acids is 1. The van der Waals surface area contributed by atoms with Gasteiger partial charge in [0, 0.05) is 11.6 Å². The Labute approximate surface area is 193 Å². The van der Waals surface area contributed by atoms with Crippen molar-refractivity contribution in [1.29, 1.82) is 0 Å². The molecule has 0 unspecified atom stereocenters. The number of carbonyl (C=O) groups is 2. The second-order valence-corrected chi connectivity index (χ2v) is 7.99. The molecule has 0 aromatic rings. The molecule has 0 atom stereocenters. The molecule has 0 radical (unpaired) electrons. The van der Waals surface area contributed by atoms with Crippen LogP contribution in [0.2, 0.25) is 0 Å². The fourth-order valence-corrected chi connectivity index (χ4v) is 2.88. The molecular weight excluding hydrogens is 388 g/mol. The van der Waals surface area contributed by atoms with E-state index in [9.17, 15) is 9.59 Å². The number of carboxylic acid groups (broad SMARTS) is 1. The summed E-state index contributed by atoms with van der Waals surface area (Å²) in [6, 6.07) is 0. The lowest BCUT2D eigenvalue weighted by Gasteiger charge is -2.03. The van der Waals surface area contributed by atoms with Gasteiger partial charge >= 0.3 is 11.9 Å². The molecule has 1 N–H and O–H groups in total. The first-order valence-electron chi connectivity index (χ1n) is 12.5. The van der Waals surface area contributed by atoms with Gasteiger partial charge in [-0.25, -0.2) is 9.59 Å². The lowest BCUT2D eigenvalue weighted by Crippen LogP contribution is -2.03. The number of unbranched alkanes of at least 4 members (excludes halogenated alkanes) is 15. The Morgan fingerprint density at radius 3 is 1.10 bits per heavy atom. The average Bonchev–Trinajstić information content (AvgIpc) is 2.75. The third-order valence-electron chi connectivity index (χ3n) is 4.76. The summed E-state index contributed by atoms with van der Waals surface area (Å²) in [6.45, 7) is 14.8. The highest BCUT2D eigenvalue weighted by Gasteiger charge is 1.98. The summed E-state index contributed by atoms with van der Waals surface area (Å²) in [5.74, 6) is -1.29. The van der Waals surface area contributed by atoms with Gasteiger partial charge in [0.25, 0.3) is 0 Å². The van der Waals surface area contributed by atoms with Gasteiger partial charge in [0.2, 0.25) is 0 Å². The average molecular weight is 441 g/mol. The number of hydrogen-bond acceptors (Lipinski definition) is 3. The molecule has 0 aromatic heterocycles. The first-order valence-corrected chi connectivity index (χ1v) is 12.5. The second kappa shape index (κ2) is 30.6. The fourth-order valence-electron chi connectivity index (χ4n) is 2.88. The van der Waals surface area contributed by atoms with Gasteiger partial charge in [-0.1, -0.05) is 130 Å². The van der Waals surface area contributed by atoms with Crippen LogP contribution in [0.5, 0.6) is 0 Å². The maximum Gasteiger partial charge on any atom is 0.333 e. The van der Waals surface area contributed by atoms with Crippen LogP contribution in [0.3, 0.4) is 0 Å². The van der Waals surface area contributed by atoms with Crippen LogP contribution in [0.1, 0.15) is 130 Å². The minimum absolute atomic E-state index is 0.312. The molecule has 0 spiro atoms.